The normalized spacial score (nSPS) is 14.0. The predicted octanol–water partition coefficient (Wildman–Crippen LogP) is 3.27. The van der Waals surface area contributed by atoms with Gasteiger partial charge in [-0.25, -0.2) is 9.97 Å². The Hall–Kier alpha value is -3.35. The molecule has 2 aromatic heterocycles. The van der Waals surface area contributed by atoms with E-state index in [-0.39, 0.29) is 0 Å². The number of pyridine rings is 1. The maximum absolute atomic E-state index is 11.6. The molecule has 0 saturated heterocycles. The lowest BCUT2D eigenvalue weighted by atomic mass is 9.97. The average Bonchev–Trinajstić information content (AvgIpc) is 3.23. The molecule has 1 unspecified atom stereocenters. The van der Waals surface area contributed by atoms with Crippen LogP contribution in [0.2, 0.25) is 0 Å². The average molecular weight is 379 g/mol. The molecule has 1 aliphatic rings. The van der Waals surface area contributed by atoms with Crippen LogP contribution in [-0.2, 0) is 17.6 Å². The van der Waals surface area contributed by atoms with Crippen LogP contribution >= 0.6 is 0 Å². The van der Waals surface area contributed by atoms with Crippen LogP contribution in [0.3, 0.4) is 0 Å². The number of rotatable bonds is 7. The molecule has 1 aromatic carbocycles. The van der Waals surface area contributed by atoms with Crippen molar-refractivity contribution in [3.63, 3.8) is 0 Å². The Kier molecular flexibility index (Phi) is 5.23. The number of fused-ring (bicyclic) bond motifs is 1. The van der Waals surface area contributed by atoms with Gasteiger partial charge in [0.2, 0.25) is 0 Å². The SMILES string of the molecule is O=C(O)C(c1ccc(OCCc2ccc3c(n2)NCCC3)cc1)c1cnco1. The number of aromatic nitrogens is 2. The van der Waals surface area contributed by atoms with Crippen molar-refractivity contribution in [1.82, 2.24) is 9.97 Å². The zero-order valence-electron chi connectivity index (χ0n) is 15.3. The molecule has 4 rings (SSSR count). The Labute approximate surface area is 162 Å². The summed E-state index contributed by atoms with van der Waals surface area (Å²) in [6.07, 6.45) is 5.57. The van der Waals surface area contributed by atoms with Crippen LogP contribution in [0.1, 0.15) is 34.9 Å². The fraction of sp³-hybridized carbons (Fsp3) is 0.286. The summed E-state index contributed by atoms with van der Waals surface area (Å²) in [5, 5.41) is 12.8. The minimum absolute atomic E-state index is 0.299. The Morgan fingerprint density at radius 3 is 2.86 bits per heavy atom. The van der Waals surface area contributed by atoms with E-state index >= 15 is 0 Å². The molecule has 0 amide bonds. The molecular formula is C21H21N3O4. The third-order valence-corrected chi connectivity index (χ3v) is 4.78. The van der Waals surface area contributed by atoms with Gasteiger partial charge in [0.1, 0.15) is 23.2 Å². The van der Waals surface area contributed by atoms with Crippen LogP contribution in [-0.4, -0.2) is 34.2 Å². The largest absolute Gasteiger partial charge is 0.493 e. The standard InChI is InChI=1S/C21H21N3O4/c25-21(26)19(18-12-22-13-28-18)14-4-7-17(8-5-14)27-11-9-16-6-3-15-2-1-10-23-20(15)24-16/h3-8,12-13,19H,1-2,9-11H2,(H,23,24)(H,25,26). The highest BCUT2D eigenvalue weighted by Crippen LogP contribution is 2.26. The van der Waals surface area contributed by atoms with Gasteiger partial charge >= 0.3 is 5.97 Å². The van der Waals surface area contributed by atoms with Crippen LogP contribution in [0.15, 0.2) is 53.4 Å². The highest BCUT2D eigenvalue weighted by Gasteiger charge is 2.25. The van der Waals surface area contributed by atoms with E-state index in [1.165, 1.54) is 18.2 Å². The smallest absolute Gasteiger partial charge is 0.318 e. The molecular weight excluding hydrogens is 358 g/mol. The molecule has 1 aliphatic heterocycles. The summed E-state index contributed by atoms with van der Waals surface area (Å²) >= 11 is 0. The lowest BCUT2D eigenvalue weighted by molar-refractivity contribution is -0.138. The maximum Gasteiger partial charge on any atom is 0.318 e. The van der Waals surface area contributed by atoms with Crippen LogP contribution in [0.25, 0.3) is 0 Å². The van der Waals surface area contributed by atoms with Gasteiger partial charge in [0.15, 0.2) is 6.39 Å². The van der Waals surface area contributed by atoms with Crippen molar-refractivity contribution in [2.24, 2.45) is 0 Å². The van der Waals surface area contributed by atoms with Gasteiger partial charge < -0.3 is 19.6 Å². The third-order valence-electron chi connectivity index (χ3n) is 4.78. The molecule has 28 heavy (non-hydrogen) atoms. The quantitative estimate of drug-likeness (QED) is 0.650. The Balaban J connectivity index is 1.36. The first-order chi connectivity index (χ1) is 13.7. The number of nitrogens with one attached hydrogen (secondary N) is 1. The highest BCUT2D eigenvalue weighted by atomic mass is 16.5. The summed E-state index contributed by atoms with van der Waals surface area (Å²) < 4.78 is 11.0. The van der Waals surface area contributed by atoms with E-state index in [0.29, 0.717) is 30.1 Å². The number of oxazole rings is 1. The van der Waals surface area contributed by atoms with E-state index in [1.54, 1.807) is 24.3 Å². The van der Waals surface area contributed by atoms with Crippen molar-refractivity contribution < 1.29 is 19.1 Å². The highest BCUT2D eigenvalue weighted by molar-refractivity contribution is 5.79. The van der Waals surface area contributed by atoms with Crippen molar-refractivity contribution >= 4 is 11.8 Å². The molecule has 2 N–H and O–H groups in total. The maximum atomic E-state index is 11.6. The first-order valence-corrected chi connectivity index (χ1v) is 9.27. The molecule has 144 valence electrons. The van der Waals surface area contributed by atoms with Crippen molar-refractivity contribution in [3.8, 4) is 5.75 Å². The Bertz CT molecular complexity index is 939. The predicted molar refractivity (Wildman–Crippen MR) is 103 cm³/mol. The topological polar surface area (TPSA) is 97.5 Å². The molecule has 7 heteroatoms. The summed E-state index contributed by atoms with van der Waals surface area (Å²) in [4.78, 5) is 20.0. The van der Waals surface area contributed by atoms with Gasteiger partial charge in [0.25, 0.3) is 0 Å². The van der Waals surface area contributed by atoms with Gasteiger partial charge in [-0.1, -0.05) is 18.2 Å². The van der Waals surface area contributed by atoms with Crippen molar-refractivity contribution in [2.75, 3.05) is 18.5 Å². The monoisotopic (exact) mass is 379 g/mol. The first-order valence-electron chi connectivity index (χ1n) is 9.27. The van der Waals surface area contributed by atoms with Gasteiger partial charge in [-0.3, -0.25) is 4.79 Å². The number of carboxylic acids is 1. The number of aliphatic carboxylic acids is 1. The second-order valence-electron chi connectivity index (χ2n) is 6.68. The summed E-state index contributed by atoms with van der Waals surface area (Å²) in [5.74, 6) is 0.0938. The second kappa shape index (κ2) is 8.12. The van der Waals surface area contributed by atoms with Gasteiger partial charge in [0, 0.05) is 18.7 Å². The molecule has 0 fully saturated rings. The van der Waals surface area contributed by atoms with Crippen molar-refractivity contribution in [1.29, 1.82) is 0 Å². The van der Waals surface area contributed by atoms with Gasteiger partial charge in [-0.05, 0) is 42.2 Å². The minimum Gasteiger partial charge on any atom is -0.493 e. The van der Waals surface area contributed by atoms with Crippen LogP contribution in [0, 0.1) is 0 Å². The lowest BCUT2D eigenvalue weighted by Gasteiger charge is -2.17. The van der Waals surface area contributed by atoms with Crippen LogP contribution in [0.5, 0.6) is 5.75 Å². The number of benzene rings is 1. The number of anilines is 1. The number of hydrogen-bond donors (Lipinski definition) is 2. The molecule has 0 spiro atoms. The number of carboxylic acid groups (broad SMARTS) is 1. The zero-order valence-corrected chi connectivity index (χ0v) is 15.3. The number of carbonyl (C=O) groups is 1. The Morgan fingerprint density at radius 1 is 1.25 bits per heavy atom. The number of ether oxygens (including phenoxy) is 1. The number of aryl methyl sites for hydroxylation is 1. The van der Waals surface area contributed by atoms with E-state index in [0.717, 1.165) is 30.9 Å². The molecule has 0 aliphatic carbocycles. The van der Waals surface area contributed by atoms with E-state index in [9.17, 15) is 9.90 Å². The van der Waals surface area contributed by atoms with E-state index < -0.39 is 11.9 Å². The molecule has 0 saturated carbocycles. The van der Waals surface area contributed by atoms with E-state index in [1.807, 2.05) is 6.07 Å². The molecule has 7 nitrogen and oxygen atoms in total. The fourth-order valence-electron chi connectivity index (χ4n) is 3.33. The summed E-state index contributed by atoms with van der Waals surface area (Å²) in [7, 11) is 0. The van der Waals surface area contributed by atoms with Crippen molar-refractivity contribution in [2.45, 2.75) is 25.2 Å². The summed E-state index contributed by atoms with van der Waals surface area (Å²) in [5.41, 5.74) is 2.87. The fourth-order valence-corrected chi connectivity index (χ4v) is 3.33. The summed E-state index contributed by atoms with van der Waals surface area (Å²) in [6, 6.07) is 11.2. The molecule has 0 radical (unpaired) electrons. The minimum atomic E-state index is -0.988. The summed E-state index contributed by atoms with van der Waals surface area (Å²) in [6.45, 7) is 1.47. The number of nitrogens with zero attached hydrogens (tertiary/aromatic N) is 2. The first kappa shape index (κ1) is 18.0. The van der Waals surface area contributed by atoms with Gasteiger partial charge in [-0.15, -0.1) is 0 Å². The molecule has 3 heterocycles. The second-order valence-corrected chi connectivity index (χ2v) is 6.68. The Morgan fingerprint density at radius 2 is 2.11 bits per heavy atom. The molecule has 3 aromatic rings. The molecule has 1 atom stereocenters. The van der Waals surface area contributed by atoms with Crippen LogP contribution in [0.4, 0.5) is 5.82 Å². The van der Waals surface area contributed by atoms with Crippen molar-refractivity contribution in [3.05, 3.63) is 71.6 Å². The third kappa shape index (κ3) is 3.98. The van der Waals surface area contributed by atoms with Gasteiger partial charge in [0.05, 0.1) is 12.8 Å². The van der Waals surface area contributed by atoms with E-state index in [2.05, 4.69) is 21.4 Å². The number of hydrogen-bond acceptors (Lipinski definition) is 6. The molecule has 0 bridgehead atoms. The van der Waals surface area contributed by atoms with E-state index in [4.69, 9.17) is 9.15 Å². The zero-order chi connectivity index (χ0) is 19.3. The lowest BCUT2D eigenvalue weighted by Crippen LogP contribution is -2.14. The van der Waals surface area contributed by atoms with Gasteiger partial charge in [-0.2, -0.15) is 0 Å². The van der Waals surface area contributed by atoms with Crippen LogP contribution < -0.4 is 10.1 Å².